The first-order chi connectivity index (χ1) is 14.7. The summed E-state index contributed by atoms with van der Waals surface area (Å²) in [6.07, 6.45) is 4.00. The van der Waals surface area contributed by atoms with Crippen LogP contribution in [0.15, 0.2) is 78.1 Å². The highest BCUT2D eigenvalue weighted by Crippen LogP contribution is 2.39. The highest BCUT2D eigenvalue weighted by atomic mass is 16.6. The zero-order chi connectivity index (χ0) is 20.9. The number of carbonyl (C=O) groups is 2. The quantitative estimate of drug-likeness (QED) is 0.566. The molecule has 0 saturated carbocycles. The normalized spacial score (nSPS) is 21.8. The van der Waals surface area contributed by atoms with E-state index in [0.717, 1.165) is 11.1 Å². The lowest BCUT2D eigenvalue weighted by atomic mass is 10.0. The van der Waals surface area contributed by atoms with Crippen LogP contribution in [0, 0.1) is 0 Å². The van der Waals surface area contributed by atoms with Crippen LogP contribution in [-0.4, -0.2) is 40.8 Å². The van der Waals surface area contributed by atoms with Gasteiger partial charge in [0.1, 0.15) is 12.4 Å². The average Bonchev–Trinajstić information content (AvgIpc) is 3.09. The largest absolute Gasteiger partial charge is 0.471 e. The summed E-state index contributed by atoms with van der Waals surface area (Å²) in [5.41, 5.74) is 2.45. The number of rotatable bonds is 7. The number of hydrogen-bond acceptors (Lipinski definition) is 5. The zero-order valence-corrected chi connectivity index (χ0v) is 16.4. The Morgan fingerprint density at radius 2 is 1.83 bits per heavy atom. The molecule has 2 aromatic carbocycles. The number of aliphatic hydroxyl groups is 1. The number of benzene rings is 2. The molecule has 1 amide bonds. The molecule has 154 valence electrons. The van der Waals surface area contributed by atoms with Gasteiger partial charge >= 0.3 is 5.97 Å². The minimum absolute atomic E-state index is 0.110. The lowest BCUT2D eigenvalue weighted by Gasteiger charge is -2.33. The summed E-state index contributed by atoms with van der Waals surface area (Å²) in [5, 5.41) is 9.92. The molecule has 0 radical (unpaired) electrons. The minimum Gasteiger partial charge on any atom is -0.471 e. The fourth-order valence-corrected chi connectivity index (χ4v) is 3.60. The lowest BCUT2D eigenvalue weighted by Crippen LogP contribution is -2.55. The van der Waals surface area contributed by atoms with Gasteiger partial charge in [-0.15, -0.1) is 0 Å². The second-order valence-corrected chi connectivity index (χ2v) is 7.22. The van der Waals surface area contributed by atoms with Crippen LogP contribution in [0.4, 0.5) is 0 Å². The molecule has 2 heterocycles. The van der Waals surface area contributed by atoms with E-state index < -0.39 is 18.2 Å². The van der Waals surface area contributed by atoms with Crippen LogP contribution in [0.25, 0.3) is 6.08 Å². The summed E-state index contributed by atoms with van der Waals surface area (Å²) in [6.45, 7) is -0.163. The van der Waals surface area contributed by atoms with E-state index in [1.54, 1.807) is 0 Å². The summed E-state index contributed by atoms with van der Waals surface area (Å²) in [4.78, 5) is 26.3. The molecular formula is C24H23NO5. The number of esters is 1. The summed E-state index contributed by atoms with van der Waals surface area (Å²) in [5.74, 6) is -0.389. The molecule has 2 aromatic rings. The summed E-state index contributed by atoms with van der Waals surface area (Å²) < 4.78 is 11.3. The third-order valence-electron chi connectivity index (χ3n) is 5.20. The van der Waals surface area contributed by atoms with Crippen molar-refractivity contribution >= 4 is 18.0 Å². The highest BCUT2D eigenvalue weighted by molar-refractivity contribution is 5.92. The molecular weight excluding hydrogens is 382 g/mol. The number of β-lactam (4-membered cyclic amide) rings is 1. The van der Waals surface area contributed by atoms with E-state index in [9.17, 15) is 14.7 Å². The van der Waals surface area contributed by atoms with Gasteiger partial charge in [-0.05, 0) is 23.1 Å². The molecule has 1 unspecified atom stereocenters. The Morgan fingerprint density at radius 3 is 2.50 bits per heavy atom. The predicted molar refractivity (Wildman–Crippen MR) is 111 cm³/mol. The maximum absolute atomic E-state index is 12.9. The molecule has 6 heteroatoms. The number of allylic oxidation sites excluding steroid dienone is 1. The van der Waals surface area contributed by atoms with Gasteiger partial charge in [-0.25, -0.2) is 4.79 Å². The van der Waals surface area contributed by atoms with Crippen molar-refractivity contribution in [1.82, 2.24) is 4.90 Å². The van der Waals surface area contributed by atoms with Gasteiger partial charge in [0, 0.05) is 0 Å². The van der Waals surface area contributed by atoms with Crippen molar-refractivity contribution in [2.45, 2.75) is 31.7 Å². The van der Waals surface area contributed by atoms with E-state index in [1.807, 2.05) is 72.8 Å². The van der Waals surface area contributed by atoms with Gasteiger partial charge in [0.2, 0.25) is 5.91 Å². The Labute approximate surface area is 175 Å². The second kappa shape index (κ2) is 8.97. The number of amides is 1. The third kappa shape index (κ3) is 4.14. The van der Waals surface area contributed by atoms with E-state index >= 15 is 0 Å². The van der Waals surface area contributed by atoms with Crippen LogP contribution < -0.4 is 0 Å². The first-order valence-corrected chi connectivity index (χ1v) is 9.90. The van der Waals surface area contributed by atoms with Gasteiger partial charge in [-0.3, -0.25) is 9.69 Å². The van der Waals surface area contributed by atoms with Crippen LogP contribution in [0.5, 0.6) is 0 Å². The molecule has 2 aliphatic heterocycles. The van der Waals surface area contributed by atoms with Crippen molar-refractivity contribution in [1.29, 1.82) is 0 Å². The van der Waals surface area contributed by atoms with E-state index in [1.165, 1.54) is 4.90 Å². The summed E-state index contributed by atoms with van der Waals surface area (Å²) in [6, 6.07) is 18.2. The number of hydrogen-bond donors (Lipinski definition) is 1. The molecule has 30 heavy (non-hydrogen) atoms. The Hall–Kier alpha value is -3.38. The van der Waals surface area contributed by atoms with E-state index in [0.29, 0.717) is 17.8 Å². The topological polar surface area (TPSA) is 76.1 Å². The number of ether oxygens (including phenoxy) is 2. The first kappa shape index (κ1) is 19.9. The standard InChI is InChI=1S/C24H23NO5/c26-15-19(13-7-12-17-8-3-1-4-9-17)23-22(25-20(27)14-21(25)30-23)24(28)29-16-18-10-5-2-6-11-18/h1-12,21-22,26H,13-16H2/b12-7-,23-19+/t21-,22?/m1/s1. The monoisotopic (exact) mass is 405 g/mol. The highest BCUT2D eigenvalue weighted by Gasteiger charge is 2.55. The van der Waals surface area contributed by atoms with Crippen molar-refractivity contribution in [3.05, 3.63) is 89.2 Å². The molecule has 0 spiro atoms. The molecule has 2 atom stereocenters. The molecule has 2 fully saturated rings. The molecule has 2 saturated heterocycles. The number of aliphatic hydroxyl groups excluding tert-OH is 1. The maximum Gasteiger partial charge on any atom is 0.337 e. The van der Waals surface area contributed by atoms with Crippen LogP contribution >= 0.6 is 0 Å². The molecule has 6 nitrogen and oxygen atoms in total. The Bertz CT molecular complexity index is 968. The van der Waals surface area contributed by atoms with Gasteiger partial charge in [-0.1, -0.05) is 72.8 Å². The molecule has 0 bridgehead atoms. The van der Waals surface area contributed by atoms with Gasteiger partial charge < -0.3 is 14.6 Å². The van der Waals surface area contributed by atoms with E-state index in [-0.39, 0.29) is 25.5 Å². The predicted octanol–water partition coefficient (Wildman–Crippen LogP) is 3.04. The maximum atomic E-state index is 12.9. The van der Waals surface area contributed by atoms with Crippen molar-refractivity contribution in [3.63, 3.8) is 0 Å². The second-order valence-electron chi connectivity index (χ2n) is 7.22. The molecule has 2 aliphatic rings. The van der Waals surface area contributed by atoms with Crippen molar-refractivity contribution in [2.24, 2.45) is 0 Å². The zero-order valence-electron chi connectivity index (χ0n) is 16.4. The van der Waals surface area contributed by atoms with Crippen molar-refractivity contribution in [2.75, 3.05) is 6.61 Å². The van der Waals surface area contributed by atoms with Crippen LogP contribution in [0.2, 0.25) is 0 Å². The van der Waals surface area contributed by atoms with Crippen molar-refractivity contribution in [3.8, 4) is 0 Å². The Morgan fingerprint density at radius 1 is 1.13 bits per heavy atom. The molecule has 0 aliphatic carbocycles. The fraction of sp³-hybridized carbons (Fsp3) is 0.250. The lowest BCUT2D eigenvalue weighted by molar-refractivity contribution is -0.166. The van der Waals surface area contributed by atoms with Crippen molar-refractivity contribution < 1.29 is 24.2 Å². The number of carbonyl (C=O) groups excluding carboxylic acids is 2. The van der Waals surface area contributed by atoms with E-state index in [4.69, 9.17) is 9.47 Å². The Balaban J connectivity index is 1.52. The Kier molecular flexibility index (Phi) is 5.95. The summed E-state index contributed by atoms with van der Waals surface area (Å²) >= 11 is 0. The van der Waals surface area contributed by atoms with Crippen LogP contribution in [0.1, 0.15) is 24.0 Å². The van der Waals surface area contributed by atoms with E-state index in [2.05, 4.69) is 0 Å². The molecule has 4 rings (SSSR count). The minimum atomic E-state index is -0.952. The fourth-order valence-electron chi connectivity index (χ4n) is 3.60. The first-order valence-electron chi connectivity index (χ1n) is 9.90. The van der Waals surface area contributed by atoms with Gasteiger partial charge in [0.15, 0.2) is 12.3 Å². The van der Waals surface area contributed by atoms with Crippen LogP contribution in [0.3, 0.4) is 0 Å². The SMILES string of the molecule is O=C(OCc1ccccc1)C1/C(=C(\CO)C/C=C\c2ccccc2)O[C@@H]2CC(=O)N12. The smallest absolute Gasteiger partial charge is 0.337 e. The number of fused-ring (bicyclic) bond motifs is 1. The molecule has 0 aromatic heterocycles. The van der Waals surface area contributed by atoms with Gasteiger partial charge in [-0.2, -0.15) is 0 Å². The molecule has 1 N–H and O–H groups in total. The van der Waals surface area contributed by atoms with Crippen LogP contribution in [-0.2, 0) is 25.7 Å². The third-order valence-corrected chi connectivity index (χ3v) is 5.20. The van der Waals surface area contributed by atoms with Gasteiger partial charge in [0.25, 0.3) is 0 Å². The number of nitrogens with zero attached hydrogens (tertiary/aromatic N) is 1. The van der Waals surface area contributed by atoms with Gasteiger partial charge in [0.05, 0.1) is 13.0 Å². The average molecular weight is 405 g/mol. The summed E-state index contributed by atoms with van der Waals surface area (Å²) in [7, 11) is 0.